The van der Waals surface area contributed by atoms with Crippen LogP contribution >= 0.6 is 23.2 Å². The molecule has 0 spiro atoms. The van der Waals surface area contributed by atoms with Gasteiger partial charge in [0.2, 0.25) is 5.91 Å². The minimum Gasteiger partial charge on any atom is -0.481 e. The number of amides is 1. The number of benzene rings is 2. The molecule has 1 heterocycles. The van der Waals surface area contributed by atoms with Gasteiger partial charge in [0.1, 0.15) is 0 Å². The van der Waals surface area contributed by atoms with E-state index in [1.54, 1.807) is 30.0 Å². The Bertz CT molecular complexity index is 1320. The molecular weight excluding hydrogens is 545 g/mol. The fraction of sp³-hybridized carbons (Fsp3) is 0.517. The Morgan fingerprint density at radius 3 is 2.32 bits per heavy atom. The topological polar surface area (TPSA) is 91.8 Å². The van der Waals surface area contributed by atoms with Gasteiger partial charge in [-0.25, -0.2) is 8.42 Å². The van der Waals surface area contributed by atoms with Gasteiger partial charge in [-0.15, -0.1) is 0 Å². The second kappa shape index (κ2) is 10.5. The number of carbonyl (C=O) groups is 2. The number of likely N-dealkylation sites (tertiary alicyclic amines) is 1. The molecular formula is C29H33Cl2NO5S. The average molecular weight is 579 g/mol. The zero-order chi connectivity index (χ0) is 27.2. The Morgan fingerprint density at radius 1 is 1.05 bits per heavy atom. The molecule has 2 aromatic rings. The van der Waals surface area contributed by atoms with Crippen molar-refractivity contribution in [2.45, 2.75) is 63.5 Å². The van der Waals surface area contributed by atoms with Crippen LogP contribution in [0.1, 0.15) is 68.5 Å². The summed E-state index contributed by atoms with van der Waals surface area (Å²) in [5.74, 6) is -1.32. The molecule has 0 bridgehead atoms. The van der Waals surface area contributed by atoms with Crippen molar-refractivity contribution in [3.63, 3.8) is 0 Å². The average Bonchev–Trinajstić information content (AvgIpc) is 3.75. The third-order valence-electron chi connectivity index (χ3n) is 8.27. The lowest BCUT2D eigenvalue weighted by Gasteiger charge is -2.52. The summed E-state index contributed by atoms with van der Waals surface area (Å²) < 4.78 is 26.7. The number of piperidine rings is 1. The summed E-state index contributed by atoms with van der Waals surface area (Å²) in [5, 5.41) is 10.9. The molecule has 1 aliphatic heterocycles. The van der Waals surface area contributed by atoms with Crippen molar-refractivity contribution in [3.8, 4) is 0 Å². The van der Waals surface area contributed by atoms with Gasteiger partial charge < -0.3 is 10.0 Å². The maximum Gasteiger partial charge on any atom is 0.304 e. The number of carboxylic acids is 1. The Labute approximate surface area is 234 Å². The van der Waals surface area contributed by atoms with Crippen molar-refractivity contribution < 1.29 is 23.1 Å². The third-order valence-corrected chi connectivity index (χ3v) is 10.6. The van der Waals surface area contributed by atoms with Crippen molar-refractivity contribution in [2.75, 3.05) is 11.5 Å². The summed E-state index contributed by atoms with van der Waals surface area (Å²) in [4.78, 5) is 28.1. The van der Waals surface area contributed by atoms with Crippen molar-refractivity contribution in [1.29, 1.82) is 0 Å². The van der Waals surface area contributed by atoms with Crippen LogP contribution in [-0.2, 0) is 19.4 Å². The van der Waals surface area contributed by atoms with Crippen LogP contribution in [0.25, 0.3) is 0 Å². The van der Waals surface area contributed by atoms with Crippen molar-refractivity contribution in [1.82, 2.24) is 4.90 Å². The number of halogens is 2. The van der Waals surface area contributed by atoms with Gasteiger partial charge in [-0.05, 0) is 79.3 Å². The van der Waals surface area contributed by atoms with Crippen LogP contribution in [0, 0.1) is 17.3 Å². The molecule has 2 aromatic carbocycles. The van der Waals surface area contributed by atoms with Gasteiger partial charge in [-0.2, -0.15) is 0 Å². The molecule has 0 aromatic heterocycles. The first-order valence-corrected chi connectivity index (χ1v) is 15.8. The number of hydrogen-bond acceptors (Lipinski definition) is 4. The van der Waals surface area contributed by atoms with E-state index >= 15 is 0 Å². The molecule has 2 saturated carbocycles. The zero-order valence-corrected chi connectivity index (χ0v) is 23.7. The highest BCUT2D eigenvalue weighted by atomic mass is 35.5. The summed E-state index contributed by atoms with van der Waals surface area (Å²) >= 11 is 12.6. The van der Waals surface area contributed by atoms with Gasteiger partial charge in [0.05, 0.1) is 29.4 Å². The van der Waals surface area contributed by atoms with Crippen molar-refractivity contribution >= 4 is 44.9 Å². The van der Waals surface area contributed by atoms with Crippen molar-refractivity contribution in [2.24, 2.45) is 17.3 Å². The highest BCUT2D eigenvalue weighted by molar-refractivity contribution is 7.91. The minimum atomic E-state index is -3.41. The number of hydrogen-bond donors (Lipinski definition) is 1. The Kier molecular flexibility index (Phi) is 7.57. The van der Waals surface area contributed by atoms with Gasteiger partial charge in [0.15, 0.2) is 9.84 Å². The van der Waals surface area contributed by atoms with E-state index in [2.05, 4.69) is 0 Å². The summed E-state index contributed by atoms with van der Waals surface area (Å²) in [7, 11) is -3.41. The molecule has 4 atom stereocenters. The molecule has 2 unspecified atom stereocenters. The van der Waals surface area contributed by atoms with Crippen LogP contribution in [0.4, 0.5) is 0 Å². The Balaban J connectivity index is 1.65. The molecule has 204 valence electrons. The largest absolute Gasteiger partial charge is 0.481 e. The van der Waals surface area contributed by atoms with E-state index < -0.39 is 33.3 Å². The van der Waals surface area contributed by atoms with E-state index in [4.69, 9.17) is 23.2 Å². The Morgan fingerprint density at radius 2 is 1.74 bits per heavy atom. The molecule has 3 fully saturated rings. The lowest BCUT2D eigenvalue weighted by Crippen LogP contribution is -2.58. The van der Waals surface area contributed by atoms with E-state index in [9.17, 15) is 23.1 Å². The third kappa shape index (κ3) is 6.05. The van der Waals surface area contributed by atoms with E-state index in [0.717, 1.165) is 36.8 Å². The Hall–Kier alpha value is -2.09. The number of aliphatic carboxylic acids is 1. The molecule has 3 aliphatic rings. The predicted molar refractivity (Wildman–Crippen MR) is 148 cm³/mol. The van der Waals surface area contributed by atoms with E-state index in [1.165, 1.54) is 0 Å². The van der Waals surface area contributed by atoms with Crippen LogP contribution in [0.5, 0.6) is 0 Å². The second-order valence-electron chi connectivity index (χ2n) is 11.6. The maximum atomic E-state index is 14.4. The van der Waals surface area contributed by atoms with Crippen LogP contribution in [0.2, 0.25) is 10.0 Å². The van der Waals surface area contributed by atoms with E-state index in [1.807, 2.05) is 30.3 Å². The maximum absolute atomic E-state index is 14.4. The van der Waals surface area contributed by atoms with Crippen LogP contribution in [0.15, 0.2) is 48.5 Å². The highest BCUT2D eigenvalue weighted by Gasteiger charge is 2.55. The zero-order valence-electron chi connectivity index (χ0n) is 21.4. The molecule has 1 amide bonds. The molecule has 1 saturated heterocycles. The lowest BCUT2D eigenvalue weighted by atomic mass is 9.67. The lowest BCUT2D eigenvalue weighted by molar-refractivity contribution is -0.160. The van der Waals surface area contributed by atoms with Gasteiger partial charge >= 0.3 is 5.97 Å². The SMILES string of the molecule is C[C@]1(CC(=O)O)CC(c2cccc(Cl)c2)[C@@H](c2ccc(Cl)cc2)N(C(CS(=O)(=O)CC2CC2)C2CC2)C1=O. The second-order valence-corrected chi connectivity index (χ2v) is 14.7. The standard InChI is InChI=1S/C29H33Cl2NO5S/c1-29(15-26(33)34)14-24(21-3-2-4-23(31)13-21)27(20-9-11-22(30)12-10-20)32(28(29)35)25(19-7-8-19)17-38(36,37)16-18-5-6-18/h2-4,9-13,18-19,24-25,27H,5-8,14-17H2,1H3,(H,33,34)/t24?,25?,27-,29-/m1/s1. The van der Waals surface area contributed by atoms with Gasteiger partial charge in [-0.1, -0.05) is 54.4 Å². The summed E-state index contributed by atoms with van der Waals surface area (Å²) in [6.07, 6.45) is 3.51. The highest BCUT2D eigenvalue weighted by Crippen LogP contribution is 2.54. The van der Waals surface area contributed by atoms with Gasteiger partial charge in [0, 0.05) is 22.0 Å². The number of nitrogens with zero attached hydrogens (tertiary/aromatic N) is 1. The van der Waals surface area contributed by atoms with Crippen LogP contribution in [-0.4, -0.2) is 47.8 Å². The molecule has 2 aliphatic carbocycles. The summed E-state index contributed by atoms with van der Waals surface area (Å²) in [6.45, 7) is 1.70. The fourth-order valence-electron chi connectivity index (χ4n) is 6.14. The number of carbonyl (C=O) groups excluding carboxylic acids is 1. The first kappa shape index (κ1) is 27.5. The molecule has 5 rings (SSSR count). The molecule has 6 nitrogen and oxygen atoms in total. The minimum absolute atomic E-state index is 0.0647. The molecule has 9 heteroatoms. The quantitative estimate of drug-likeness (QED) is 0.366. The smallest absolute Gasteiger partial charge is 0.304 e. The number of carboxylic acid groups (broad SMARTS) is 1. The summed E-state index contributed by atoms with van der Waals surface area (Å²) in [5.41, 5.74) is 0.534. The van der Waals surface area contributed by atoms with Crippen LogP contribution < -0.4 is 0 Å². The molecule has 38 heavy (non-hydrogen) atoms. The predicted octanol–water partition coefficient (Wildman–Crippen LogP) is 6.14. The fourth-order valence-corrected chi connectivity index (χ4v) is 8.61. The summed E-state index contributed by atoms with van der Waals surface area (Å²) in [6, 6.07) is 13.7. The normalized spacial score (nSPS) is 26.8. The van der Waals surface area contributed by atoms with Gasteiger partial charge in [-0.3, -0.25) is 9.59 Å². The van der Waals surface area contributed by atoms with Gasteiger partial charge in [0.25, 0.3) is 0 Å². The monoisotopic (exact) mass is 577 g/mol. The van der Waals surface area contributed by atoms with E-state index in [0.29, 0.717) is 16.5 Å². The van der Waals surface area contributed by atoms with Crippen LogP contribution in [0.3, 0.4) is 0 Å². The first-order chi connectivity index (χ1) is 18.0. The van der Waals surface area contributed by atoms with Crippen molar-refractivity contribution in [3.05, 3.63) is 69.7 Å². The number of rotatable bonds is 10. The van der Waals surface area contributed by atoms with E-state index in [-0.39, 0.29) is 41.6 Å². The molecule has 0 radical (unpaired) electrons. The first-order valence-electron chi connectivity index (χ1n) is 13.2. The number of sulfone groups is 1. The molecule has 1 N–H and O–H groups in total.